The highest BCUT2D eigenvalue weighted by Crippen LogP contribution is 2.42. The topological polar surface area (TPSA) is 64.7 Å². The van der Waals surface area contributed by atoms with E-state index in [2.05, 4.69) is 145 Å². The third-order valence-electron chi connectivity index (χ3n) is 11.0. The minimum Gasteiger partial charge on any atom is -0.436 e. The van der Waals surface area contributed by atoms with Gasteiger partial charge in [-0.1, -0.05) is 127 Å². The molecule has 4 heterocycles. The van der Waals surface area contributed by atoms with Crippen LogP contribution >= 0.6 is 22.7 Å². The molecular formula is C52H30N4OS2. The van der Waals surface area contributed by atoms with Crippen molar-refractivity contribution in [2.24, 2.45) is 0 Å². The molecule has 0 N–H and O–H groups in total. The van der Waals surface area contributed by atoms with Crippen LogP contribution in [0.15, 0.2) is 186 Å². The maximum atomic E-state index is 6.02. The summed E-state index contributed by atoms with van der Waals surface area (Å²) < 4.78 is 11.0. The minimum atomic E-state index is 0.631. The predicted molar refractivity (Wildman–Crippen MR) is 246 cm³/mol. The van der Waals surface area contributed by atoms with Crippen LogP contribution in [0.2, 0.25) is 0 Å². The SMILES string of the molecule is c1ccc(-c2nc(-c3cccc(-c4cccc5c4sc4ccc(-c6ccc(-c7nc8ccccc8o7)cc6)cc45)c3)nc(-c3ccc4c(c3)sc3ccccc34)n2)cc1. The van der Waals surface area contributed by atoms with Crippen molar-refractivity contribution in [3.05, 3.63) is 182 Å². The number of para-hydroxylation sites is 2. The van der Waals surface area contributed by atoms with E-state index >= 15 is 0 Å². The van der Waals surface area contributed by atoms with Gasteiger partial charge in [-0.3, -0.25) is 0 Å². The van der Waals surface area contributed by atoms with E-state index in [1.165, 1.54) is 51.5 Å². The molecule has 0 saturated carbocycles. The molecule has 0 atom stereocenters. The lowest BCUT2D eigenvalue weighted by molar-refractivity contribution is 0.620. The molecule has 5 nitrogen and oxygen atoms in total. The molecule has 8 aromatic carbocycles. The standard InChI is InChI=1S/C52H30N4OS2/c1-2-10-32(11-3-1)49-54-50(56-51(55-49)37-24-26-40-39-14-4-7-19-45(39)58-47(40)30-37)36-13-8-12-35(28-36)38-15-9-16-41-42-29-34(25-27-46(42)59-48(38)41)31-20-22-33(23-21-31)52-53-43-17-5-6-18-44(43)57-52/h1-30H. The molecule has 59 heavy (non-hydrogen) atoms. The van der Waals surface area contributed by atoms with Gasteiger partial charge < -0.3 is 4.42 Å². The Hall–Kier alpha value is -7.32. The summed E-state index contributed by atoms with van der Waals surface area (Å²) in [5.41, 5.74) is 10.1. The lowest BCUT2D eigenvalue weighted by Gasteiger charge is -2.10. The normalized spacial score (nSPS) is 11.7. The van der Waals surface area contributed by atoms with E-state index in [1.54, 1.807) is 11.3 Å². The van der Waals surface area contributed by atoms with Gasteiger partial charge in [-0.25, -0.2) is 19.9 Å². The highest BCUT2D eigenvalue weighted by atomic mass is 32.1. The van der Waals surface area contributed by atoms with Crippen LogP contribution in [0.5, 0.6) is 0 Å². The average Bonchev–Trinajstić information content (AvgIpc) is 4.02. The monoisotopic (exact) mass is 790 g/mol. The number of aromatic nitrogens is 4. The van der Waals surface area contributed by atoms with Crippen molar-refractivity contribution in [3.63, 3.8) is 0 Å². The van der Waals surface area contributed by atoms with Crippen molar-refractivity contribution in [3.8, 4) is 67.9 Å². The molecule has 0 aliphatic heterocycles. The van der Waals surface area contributed by atoms with Gasteiger partial charge in [0.15, 0.2) is 23.1 Å². The Morgan fingerprint density at radius 3 is 1.83 bits per heavy atom. The second kappa shape index (κ2) is 13.7. The first kappa shape index (κ1) is 33.8. The molecule has 0 spiro atoms. The molecule has 0 saturated heterocycles. The number of nitrogens with zero attached hydrogens (tertiary/aromatic N) is 4. The summed E-state index contributed by atoms with van der Waals surface area (Å²) >= 11 is 3.63. The number of hydrogen-bond donors (Lipinski definition) is 0. The van der Waals surface area contributed by atoms with Crippen LogP contribution in [0.3, 0.4) is 0 Å². The fourth-order valence-corrected chi connectivity index (χ4v) is 10.4. The largest absolute Gasteiger partial charge is 0.436 e. The molecule has 0 bridgehead atoms. The Morgan fingerprint density at radius 2 is 0.966 bits per heavy atom. The second-order valence-corrected chi connectivity index (χ2v) is 16.8. The van der Waals surface area contributed by atoms with Gasteiger partial charge in [-0.05, 0) is 76.9 Å². The van der Waals surface area contributed by atoms with Crippen LogP contribution in [0.4, 0.5) is 0 Å². The fourth-order valence-electron chi connectivity index (χ4n) is 8.05. The zero-order valence-corrected chi connectivity index (χ0v) is 33.0. The van der Waals surface area contributed by atoms with Crippen LogP contribution in [0.25, 0.3) is 119 Å². The number of oxazole rings is 1. The maximum absolute atomic E-state index is 6.02. The van der Waals surface area contributed by atoms with Crippen LogP contribution < -0.4 is 0 Å². The third kappa shape index (κ3) is 5.90. The molecule has 0 aliphatic rings. The Kier molecular flexibility index (Phi) is 7.82. The van der Waals surface area contributed by atoms with Crippen molar-refractivity contribution >= 4 is 74.1 Å². The molecule has 4 aromatic heterocycles. The van der Waals surface area contributed by atoms with Crippen LogP contribution in [-0.4, -0.2) is 19.9 Å². The summed E-state index contributed by atoms with van der Waals surface area (Å²) in [6.45, 7) is 0. The van der Waals surface area contributed by atoms with Gasteiger partial charge in [0.25, 0.3) is 0 Å². The third-order valence-corrected chi connectivity index (χ3v) is 13.3. The summed E-state index contributed by atoms with van der Waals surface area (Å²) in [7, 11) is 0. The van der Waals surface area contributed by atoms with Crippen LogP contribution in [0.1, 0.15) is 0 Å². The van der Waals surface area contributed by atoms with Gasteiger partial charge in [0.05, 0.1) is 0 Å². The lowest BCUT2D eigenvalue weighted by Crippen LogP contribution is -2.00. The summed E-state index contributed by atoms with van der Waals surface area (Å²) in [4.78, 5) is 19.9. The number of fused-ring (bicyclic) bond motifs is 7. The smallest absolute Gasteiger partial charge is 0.227 e. The first-order chi connectivity index (χ1) is 29.2. The highest BCUT2D eigenvalue weighted by molar-refractivity contribution is 7.26. The second-order valence-electron chi connectivity index (χ2n) is 14.6. The van der Waals surface area contributed by atoms with Gasteiger partial charge in [-0.2, -0.15) is 0 Å². The number of benzene rings is 8. The van der Waals surface area contributed by atoms with E-state index in [0.717, 1.165) is 44.5 Å². The highest BCUT2D eigenvalue weighted by Gasteiger charge is 2.17. The lowest BCUT2D eigenvalue weighted by atomic mass is 9.98. The van der Waals surface area contributed by atoms with E-state index < -0.39 is 0 Å². The van der Waals surface area contributed by atoms with Gasteiger partial charge in [0.1, 0.15) is 5.52 Å². The summed E-state index contributed by atoms with van der Waals surface area (Å²) in [6, 6.07) is 63.6. The number of hydrogen-bond acceptors (Lipinski definition) is 7. The summed E-state index contributed by atoms with van der Waals surface area (Å²) in [5, 5.41) is 5.00. The van der Waals surface area contributed by atoms with Gasteiger partial charge >= 0.3 is 0 Å². The predicted octanol–water partition coefficient (Wildman–Crippen LogP) is 14.8. The number of rotatable bonds is 6. The number of thiophene rings is 2. The summed E-state index contributed by atoms with van der Waals surface area (Å²) in [5.74, 6) is 2.58. The van der Waals surface area contributed by atoms with Crippen molar-refractivity contribution in [1.29, 1.82) is 0 Å². The molecule has 0 amide bonds. The van der Waals surface area contributed by atoms with Gasteiger partial charge in [0.2, 0.25) is 5.89 Å². The van der Waals surface area contributed by atoms with Gasteiger partial charge in [-0.15, -0.1) is 22.7 Å². The minimum absolute atomic E-state index is 0.631. The van der Waals surface area contributed by atoms with E-state index in [1.807, 2.05) is 53.8 Å². The van der Waals surface area contributed by atoms with Crippen molar-refractivity contribution in [2.75, 3.05) is 0 Å². The zero-order chi connectivity index (χ0) is 38.9. The Morgan fingerprint density at radius 1 is 0.339 bits per heavy atom. The van der Waals surface area contributed by atoms with E-state index in [0.29, 0.717) is 23.4 Å². The van der Waals surface area contributed by atoms with E-state index in [4.69, 9.17) is 19.4 Å². The molecule has 0 fully saturated rings. The van der Waals surface area contributed by atoms with Crippen LogP contribution in [-0.2, 0) is 0 Å². The molecule has 0 aliphatic carbocycles. The zero-order valence-electron chi connectivity index (χ0n) is 31.3. The maximum Gasteiger partial charge on any atom is 0.227 e. The fraction of sp³-hybridized carbons (Fsp3) is 0. The molecular weight excluding hydrogens is 761 g/mol. The van der Waals surface area contributed by atoms with E-state index in [-0.39, 0.29) is 0 Å². The van der Waals surface area contributed by atoms with Crippen LogP contribution in [0, 0.1) is 0 Å². The summed E-state index contributed by atoms with van der Waals surface area (Å²) in [6.07, 6.45) is 0. The first-order valence-electron chi connectivity index (χ1n) is 19.4. The Balaban J connectivity index is 0.919. The Labute approximate surface area is 346 Å². The molecule has 0 unspecified atom stereocenters. The average molecular weight is 791 g/mol. The molecule has 0 radical (unpaired) electrons. The van der Waals surface area contributed by atoms with Gasteiger partial charge in [0, 0.05) is 62.6 Å². The van der Waals surface area contributed by atoms with Crippen molar-refractivity contribution in [1.82, 2.24) is 19.9 Å². The first-order valence-corrected chi connectivity index (χ1v) is 21.1. The molecule has 7 heteroatoms. The quantitative estimate of drug-likeness (QED) is 0.168. The molecule has 12 aromatic rings. The van der Waals surface area contributed by atoms with E-state index in [9.17, 15) is 0 Å². The van der Waals surface area contributed by atoms with Crippen molar-refractivity contribution in [2.45, 2.75) is 0 Å². The van der Waals surface area contributed by atoms with Crippen molar-refractivity contribution < 1.29 is 4.42 Å². The molecule has 276 valence electrons. The molecule has 12 rings (SSSR count). The Bertz CT molecular complexity index is 3530.